The summed E-state index contributed by atoms with van der Waals surface area (Å²) < 4.78 is 0. The summed E-state index contributed by atoms with van der Waals surface area (Å²) in [6.07, 6.45) is 2.66. The van der Waals surface area contributed by atoms with Crippen molar-refractivity contribution in [3.8, 4) is 0 Å². The number of likely N-dealkylation sites (tertiary alicyclic amines) is 2. The highest BCUT2D eigenvalue weighted by molar-refractivity contribution is 5.88. The predicted octanol–water partition coefficient (Wildman–Crippen LogP) is -0.195. The van der Waals surface area contributed by atoms with Gasteiger partial charge in [-0.2, -0.15) is 0 Å². The number of likely N-dealkylation sites (N-methyl/N-ethyl adjacent to an activating group) is 1. The van der Waals surface area contributed by atoms with Crippen LogP contribution in [-0.2, 0) is 9.59 Å². The van der Waals surface area contributed by atoms with Gasteiger partial charge in [0, 0.05) is 25.6 Å². The van der Waals surface area contributed by atoms with Crippen LogP contribution in [0.15, 0.2) is 0 Å². The van der Waals surface area contributed by atoms with E-state index in [2.05, 4.69) is 11.8 Å². The minimum absolute atomic E-state index is 0.0803. The molecule has 0 aromatic rings. The number of nitrogens with zero attached hydrogens (tertiary/aromatic N) is 2. The van der Waals surface area contributed by atoms with Crippen LogP contribution in [0.4, 0.5) is 0 Å². The fraction of sp³-hybridized carbons (Fsp3) is 0.833. The zero-order valence-electron chi connectivity index (χ0n) is 10.4. The van der Waals surface area contributed by atoms with Gasteiger partial charge in [0.25, 0.3) is 0 Å². The Labute approximate surface area is 102 Å². The molecule has 2 atom stereocenters. The third kappa shape index (κ3) is 2.60. The number of nitrogens with two attached hydrogens (primary N) is 1. The molecule has 0 aromatic carbocycles. The molecule has 2 rings (SSSR count). The summed E-state index contributed by atoms with van der Waals surface area (Å²) in [7, 11) is 0. The van der Waals surface area contributed by atoms with Gasteiger partial charge in [0.15, 0.2) is 0 Å². The zero-order chi connectivity index (χ0) is 12.4. The average Bonchev–Trinajstić information content (AvgIpc) is 2.87. The summed E-state index contributed by atoms with van der Waals surface area (Å²) in [5, 5.41) is 0. The lowest BCUT2D eigenvalue weighted by Gasteiger charge is -2.27. The van der Waals surface area contributed by atoms with E-state index < -0.39 is 0 Å². The highest BCUT2D eigenvalue weighted by atomic mass is 16.2. The van der Waals surface area contributed by atoms with Gasteiger partial charge in [-0.15, -0.1) is 0 Å². The molecule has 0 aliphatic carbocycles. The smallest absolute Gasteiger partial charge is 0.223 e. The van der Waals surface area contributed by atoms with Gasteiger partial charge in [-0.25, -0.2) is 0 Å². The lowest BCUT2D eigenvalue weighted by Crippen LogP contribution is -2.41. The number of primary amides is 1. The molecule has 0 saturated carbocycles. The lowest BCUT2D eigenvalue weighted by molar-refractivity contribution is -0.129. The lowest BCUT2D eigenvalue weighted by atomic mass is 10.1. The van der Waals surface area contributed by atoms with Crippen molar-refractivity contribution in [2.75, 3.05) is 26.2 Å². The molecular formula is C12H21N3O2. The fourth-order valence-corrected chi connectivity index (χ4v) is 2.91. The predicted molar refractivity (Wildman–Crippen MR) is 64.2 cm³/mol. The third-order valence-corrected chi connectivity index (χ3v) is 3.95. The van der Waals surface area contributed by atoms with E-state index in [1.54, 1.807) is 0 Å². The molecule has 96 valence electrons. The molecule has 2 fully saturated rings. The summed E-state index contributed by atoms with van der Waals surface area (Å²) >= 11 is 0. The monoisotopic (exact) mass is 239 g/mol. The molecule has 0 aromatic heterocycles. The molecule has 5 heteroatoms. The SMILES string of the molecule is CCN1CCCC1CN1CC(C(N)=O)CC1=O. The van der Waals surface area contributed by atoms with E-state index in [9.17, 15) is 9.59 Å². The normalized spacial score (nSPS) is 30.2. The van der Waals surface area contributed by atoms with Crippen molar-refractivity contribution in [1.82, 2.24) is 9.80 Å². The molecule has 2 heterocycles. The Morgan fingerprint density at radius 3 is 2.88 bits per heavy atom. The van der Waals surface area contributed by atoms with Crippen LogP contribution in [0.1, 0.15) is 26.2 Å². The molecular weight excluding hydrogens is 218 g/mol. The first-order valence-corrected chi connectivity index (χ1v) is 6.43. The van der Waals surface area contributed by atoms with E-state index in [1.807, 2.05) is 4.90 Å². The molecule has 2 aliphatic heterocycles. The molecule has 0 bridgehead atoms. The highest BCUT2D eigenvalue weighted by Gasteiger charge is 2.35. The van der Waals surface area contributed by atoms with E-state index in [1.165, 1.54) is 6.42 Å². The highest BCUT2D eigenvalue weighted by Crippen LogP contribution is 2.22. The van der Waals surface area contributed by atoms with Gasteiger partial charge in [-0.3, -0.25) is 14.5 Å². The van der Waals surface area contributed by atoms with Gasteiger partial charge in [0.05, 0.1) is 5.92 Å². The van der Waals surface area contributed by atoms with Crippen molar-refractivity contribution in [3.63, 3.8) is 0 Å². The summed E-state index contributed by atoms with van der Waals surface area (Å²) in [5.41, 5.74) is 5.26. The second-order valence-corrected chi connectivity index (χ2v) is 5.03. The van der Waals surface area contributed by atoms with Gasteiger partial charge in [0.1, 0.15) is 0 Å². The van der Waals surface area contributed by atoms with Crippen molar-refractivity contribution in [2.45, 2.75) is 32.2 Å². The Bertz CT molecular complexity index is 319. The summed E-state index contributed by atoms with van der Waals surface area (Å²) in [6, 6.07) is 0.468. The summed E-state index contributed by atoms with van der Waals surface area (Å²) in [5.74, 6) is -0.546. The topological polar surface area (TPSA) is 66.6 Å². The van der Waals surface area contributed by atoms with Crippen LogP contribution in [0.5, 0.6) is 0 Å². The first-order valence-electron chi connectivity index (χ1n) is 6.43. The van der Waals surface area contributed by atoms with E-state index in [0.29, 0.717) is 19.0 Å². The Morgan fingerprint density at radius 2 is 2.29 bits per heavy atom. The van der Waals surface area contributed by atoms with Crippen molar-refractivity contribution < 1.29 is 9.59 Å². The molecule has 2 N–H and O–H groups in total. The summed E-state index contributed by atoms with van der Waals surface area (Å²) in [6.45, 7) is 5.59. The molecule has 2 saturated heterocycles. The number of carbonyl (C=O) groups is 2. The van der Waals surface area contributed by atoms with E-state index in [-0.39, 0.29) is 17.7 Å². The molecule has 5 nitrogen and oxygen atoms in total. The van der Waals surface area contributed by atoms with Crippen molar-refractivity contribution in [1.29, 1.82) is 0 Å². The van der Waals surface area contributed by atoms with Gasteiger partial charge in [-0.05, 0) is 25.9 Å². The third-order valence-electron chi connectivity index (χ3n) is 3.95. The Hall–Kier alpha value is -1.10. The molecule has 0 radical (unpaired) electrons. The number of amides is 2. The van der Waals surface area contributed by atoms with E-state index >= 15 is 0 Å². The quantitative estimate of drug-likeness (QED) is 0.739. The van der Waals surface area contributed by atoms with Gasteiger partial charge in [0.2, 0.25) is 11.8 Å². The minimum atomic E-state index is -0.348. The van der Waals surface area contributed by atoms with Crippen molar-refractivity contribution in [3.05, 3.63) is 0 Å². The number of hydrogen-bond acceptors (Lipinski definition) is 3. The molecule has 2 aliphatic rings. The van der Waals surface area contributed by atoms with Gasteiger partial charge < -0.3 is 10.6 Å². The van der Waals surface area contributed by atoms with Crippen LogP contribution in [0.25, 0.3) is 0 Å². The molecule has 0 spiro atoms. The largest absolute Gasteiger partial charge is 0.369 e. The summed E-state index contributed by atoms with van der Waals surface area (Å²) in [4.78, 5) is 27.1. The van der Waals surface area contributed by atoms with E-state index in [0.717, 1.165) is 26.1 Å². The van der Waals surface area contributed by atoms with Crippen LogP contribution in [0.2, 0.25) is 0 Å². The second kappa shape index (κ2) is 5.04. The Kier molecular flexibility index (Phi) is 3.66. The number of carbonyl (C=O) groups excluding carboxylic acids is 2. The van der Waals surface area contributed by atoms with Crippen molar-refractivity contribution >= 4 is 11.8 Å². The zero-order valence-corrected chi connectivity index (χ0v) is 10.4. The van der Waals surface area contributed by atoms with Gasteiger partial charge >= 0.3 is 0 Å². The molecule has 2 amide bonds. The fourth-order valence-electron chi connectivity index (χ4n) is 2.91. The van der Waals surface area contributed by atoms with E-state index in [4.69, 9.17) is 5.73 Å². The first kappa shape index (κ1) is 12.4. The second-order valence-electron chi connectivity index (χ2n) is 5.03. The minimum Gasteiger partial charge on any atom is -0.369 e. The number of rotatable bonds is 4. The van der Waals surface area contributed by atoms with Crippen LogP contribution in [0.3, 0.4) is 0 Å². The van der Waals surface area contributed by atoms with Crippen molar-refractivity contribution in [2.24, 2.45) is 11.7 Å². The van der Waals surface area contributed by atoms with Gasteiger partial charge in [-0.1, -0.05) is 6.92 Å². The van der Waals surface area contributed by atoms with Crippen LogP contribution in [0, 0.1) is 5.92 Å². The number of hydrogen-bond donors (Lipinski definition) is 1. The standard InChI is InChI=1S/C12H21N3O2/c1-2-14-5-3-4-10(14)8-15-7-9(12(13)17)6-11(15)16/h9-10H,2-8H2,1H3,(H2,13,17). The molecule has 17 heavy (non-hydrogen) atoms. The average molecular weight is 239 g/mol. The maximum atomic E-state index is 11.8. The van der Waals surface area contributed by atoms with Crippen LogP contribution >= 0.6 is 0 Å². The first-order chi connectivity index (χ1) is 8.11. The maximum Gasteiger partial charge on any atom is 0.223 e. The Morgan fingerprint density at radius 1 is 1.53 bits per heavy atom. The van der Waals surface area contributed by atoms with Crippen LogP contribution < -0.4 is 5.73 Å². The van der Waals surface area contributed by atoms with Crippen LogP contribution in [-0.4, -0.2) is 53.8 Å². The molecule has 2 unspecified atom stereocenters. The maximum absolute atomic E-state index is 11.8. The Balaban J connectivity index is 1.91.